The zero-order valence-electron chi connectivity index (χ0n) is 22.8. The second-order valence-corrected chi connectivity index (χ2v) is 9.94. The van der Waals surface area contributed by atoms with Crippen LogP contribution >= 0.6 is 0 Å². The van der Waals surface area contributed by atoms with Gasteiger partial charge >= 0.3 is 0 Å². The average Bonchev–Trinajstić information content (AvgIpc) is 3.53. The van der Waals surface area contributed by atoms with Crippen molar-refractivity contribution in [3.05, 3.63) is 146 Å². The second-order valence-electron chi connectivity index (χ2n) is 9.94. The molecule has 0 saturated heterocycles. The third-order valence-corrected chi connectivity index (χ3v) is 7.36. The molecular formula is C37H28N4. The highest BCUT2D eigenvalue weighted by atomic mass is 15.1. The van der Waals surface area contributed by atoms with E-state index >= 15 is 0 Å². The van der Waals surface area contributed by atoms with Crippen LogP contribution in [0, 0.1) is 0 Å². The number of aromatic nitrogens is 4. The summed E-state index contributed by atoms with van der Waals surface area (Å²) in [5, 5.41) is 2.18. The maximum atomic E-state index is 5.35. The normalized spacial score (nSPS) is 11.1. The Morgan fingerprint density at radius 1 is 0.561 bits per heavy atom. The van der Waals surface area contributed by atoms with E-state index in [2.05, 4.69) is 131 Å². The molecule has 8 rings (SSSR count). The van der Waals surface area contributed by atoms with Gasteiger partial charge < -0.3 is 4.57 Å². The molecular weight excluding hydrogens is 500 g/mol. The molecule has 0 fully saturated rings. The van der Waals surface area contributed by atoms with E-state index in [0.717, 1.165) is 55.4 Å². The first-order valence-electron chi connectivity index (χ1n) is 13.8. The maximum Gasteiger partial charge on any atom is 0.148 e. The number of fused-ring (bicyclic) bond motifs is 6. The summed E-state index contributed by atoms with van der Waals surface area (Å²) in [6, 6.07) is 44.6. The fourth-order valence-corrected chi connectivity index (χ4v) is 5.65. The van der Waals surface area contributed by atoms with Gasteiger partial charge in [-0.15, -0.1) is 6.58 Å². The van der Waals surface area contributed by atoms with Crippen molar-refractivity contribution in [2.45, 2.75) is 6.92 Å². The Kier molecular flexibility index (Phi) is 6.14. The summed E-state index contributed by atoms with van der Waals surface area (Å²) < 4.78 is 4.54. The molecule has 8 aromatic rings. The lowest BCUT2D eigenvalue weighted by Gasteiger charge is -2.09. The molecule has 4 nitrogen and oxygen atoms in total. The Bertz CT molecular complexity index is 2150. The van der Waals surface area contributed by atoms with Gasteiger partial charge in [-0.25, -0.2) is 4.98 Å². The molecule has 0 N–H and O–H groups in total. The fraction of sp³-hybridized carbons (Fsp3) is 0.0270. The molecule has 0 atom stereocenters. The Labute approximate surface area is 238 Å². The molecule has 4 aromatic carbocycles. The monoisotopic (exact) mass is 528 g/mol. The van der Waals surface area contributed by atoms with Crippen molar-refractivity contribution in [2.75, 3.05) is 0 Å². The topological polar surface area (TPSA) is 35.6 Å². The molecule has 0 unspecified atom stereocenters. The highest BCUT2D eigenvalue weighted by Gasteiger charge is 2.20. The first-order chi connectivity index (χ1) is 20.3. The number of benzene rings is 4. The summed E-state index contributed by atoms with van der Waals surface area (Å²) in [5.41, 5.74) is 10.7. The molecule has 0 radical (unpaired) electrons. The number of hydrogen-bond acceptors (Lipinski definition) is 2. The quantitative estimate of drug-likeness (QED) is 0.214. The van der Waals surface area contributed by atoms with Gasteiger partial charge in [0.15, 0.2) is 0 Å². The summed E-state index contributed by atoms with van der Waals surface area (Å²) in [6.45, 7) is 5.25. The predicted octanol–water partition coefficient (Wildman–Crippen LogP) is 9.53. The number of hydrogen-bond donors (Lipinski definition) is 0. The largest absolute Gasteiger partial charge is 0.308 e. The van der Waals surface area contributed by atoms with Gasteiger partial charge in [0, 0.05) is 28.3 Å². The molecule has 0 aliphatic carbocycles. The minimum absolute atomic E-state index is 0.912. The smallest absolute Gasteiger partial charge is 0.148 e. The minimum Gasteiger partial charge on any atom is -0.308 e. The molecule has 41 heavy (non-hydrogen) atoms. The molecule has 0 bridgehead atoms. The van der Waals surface area contributed by atoms with E-state index in [4.69, 9.17) is 9.97 Å². The van der Waals surface area contributed by atoms with E-state index in [1.54, 1.807) is 6.08 Å². The van der Waals surface area contributed by atoms with Crippen LogP contribution in [0.2, 0.25) is 0 Å². The van der Waals surface area contributed by atoms with Crippen LogP contribution in [0.5, 0.6) is 0 Å². The zero-order chi connectivity index (χ0) is 27.8. The van der Waals surface area contributed by atoms with Crippen LogP contribution in [0.15, 0.2) is 146 Å². The molecule has 4 heteroatoms. The maximum absolute atomic E-state index is 5.35. The van der Waals surface area contributed by atoms with Crippen molar-refractivity contribution < 1.29 is 0 Å². The Morgan fingerprint density at radius 3 is 1.93 bits per heavy atom. The van der Waals surface area contributed by atoms with Gasteiger partial charge in [-0.1, -0.05) is 84.9 Å². The number of para-hydroxylation sites is 2. The molecule has 4 aromatic heterocycles. The van der Waals surface area contributed by atoms with E-state index in [1.807, 2.05) is 25.3 Å². The molecule has 0 aliphatic heterocycles. The van der Waals surface area contributed by atoms with Gasteiger partial charge in [-0.3, -0.25) is 9.55 Å². The summed E-state index contributed by atoms with van der Waals surface area (Å²) in [5.74, 6) is 0. The SMILES string of the molecule is C=CC.c1ccc(-c2ccc(-n3c4cccnc4c4cc5c(nc43)c3ccccc3n5-c3ccccc3)cc2)cc1. The van der Waals surface area contributed by atoms with E-state index in [-0.39, 0.29) is 0 Å². The van der Waals surface area contributed by atoms with Gasteiger partial charge in [-0.05, 0) is 66.6 Å². The van der Waals surface area contributed by atoms with Gasteiger partial charge in [0.05, 0.1) is 27.6 Å². The van der Waals surface area contributed by atoms with Crippen molar-refractivity contribution in [1.29, 1.82) is 0 Å². The number of nitrogens with zero attached hydrogens (tertiary/aromatic N) is 4. The zero-order valence-corrected chi connectivity index (χ0v) is 22.8. The first kappa shape index (κ1) is 24.6. The lowest BCUT2D eigenvalue weighted by Crippen LogP contribution is -1.96. The number of rotatable bonds is 3. The number of pyridine rings is 2. The Hall–Kier alpha value is -5.48. The van der Waals surface area contributed by atoms with Gasteiger partial charge in [0.25, 0.3) is 0 Å². The van der Waals surface area contributed by atoms with E-state index < -0.39 is 0 Å². The summed E-state index contributed by atoms with van der Waals surface area (Å²) in [4.78, 5) is 10.2. The first-order valence-corrected chi connectivity index (χ1v) is 13.8. The minimum atomic E-state index is 0.912. The molecule has 0 saturated carbocycles. The number of allylic oxidation sites excluding steroid dienone is 1. The van der Waals surface area contributed by atoms with Crippen molar-refractivity contribution >= 4 is 44.0 Å². The van der Waals surface area contributed by atoms with E-state index in [1.165, 1.54) is 11.1 Å². The van der Waals surface area contributed by atoms with Crippen molar-refractivity contribution in [3.63, 3.8) is 0 Å². The van der Waals surface area contributed by atoms with Gasteiger partial charge in [-0.2, -0.15) is 0 Å². The molecule has 0 aliphatic rings. The van der Waals surface area contributed by atoms with Crippen molar-refractivity contribution in [3.8, 4) is 22.5 Å². The van der Waals surface area contributed by atoms with Gasteiger partial charge in [0.1, 0.15) is 5.65 Å². The lowest BCUT2D eigenvalue weighted by molar-refractivity contribution is 1.14. The van der Waals surface area contributed by atoms with Crippen LogP contribution in [-0.2, 0) is 0 Å². The summed E-state index contributed by atoms with van der Waals surface area (Å²) in [7, 11) is 0. The third kappa shape index (κ3) is 4.09. The predicted molar refractivity (Wildman–Crippen MR) is 172 cm³/mol. The van der Waals surface area contributed by atoms with Crippen molar-refractivity contribution in [2.24, 2.45) is 0 Å². The molecule has 4 heterocycles. The highest BCUT2D eigenvalue weighted by molar-refractivity contribution is 6.14. The van der Waals surface area contributed by atoms with Crippen LogP contribution in [0.3, 0.4) is 0 Å². The van der Waals surface area contributed by atoms with Crippen LogP contribution < -0.4 is 0 Å². The van der Waals surface area contributed by atoms with E-state index in [9.17, 15) is 0 Å². The molecule has 196 valence electrons. The van der Waals surface area contributed by atoms with E-state index in [0.29, 0.717) is 0 Å². The molecule has 0 amide bonds. The highest BCUT2D eigenvalue weighted by Crippen LogP contribution is 2.37. The van der Waals surface area contributed by atoms with Crippen LogP contribution in [0.1, 0.15) is 6.92 Å². The van der Waals surface area contributed by atoms with Crippen LogP contribution in [-0.4, -0.2) is 19.1 Å². The third-order valence-electron chi connectivity index (χ3n) is 7.36. The second kappa shape index (κ2) is 10.2. The Morgan fingerprint density at radius 2 is 1.17 bits per heavy atom. The molecule has 0 spiro atoms. The lowest BCUT2D eigenvalue weighted by atomic mass is 10.1. The van der Waals surface area contributed by atoms with Crippen molar-refractivity contribution in [1.82, 2.24) is 19.1 Å². The standard InChI is InChI=1S/C34H22N4.C3H6/c1-3-10-23(11-4-1)24-17-19-26(20-18-24)38-30-16-9-21-35-32(30)28-22-31-33(36-34(28)38)27-14-7-8-15-29(27)37(31)25-12-5-2-6-13-25;1-3-2/h1-22H;3H,1H2,2H3. The summed E-state index contributed by atoms with van der Waals surface area (Å²) in [6.07, 6.45) is 3.61. The van der Waals surface area contributed by atoms with Gasteiger partial charge in [0.2, 0.25) is 0 Å². The Balaban J connectivity index is 0.000000884. The van der Waals surface area contributed by atoms with Crippen LogP contribution in [0.4, 0.5) is 0 Å². The summed E-state index contributed by atoms with van der Waals surface area (Å²) >= 11 is 0. The average molecular weight is 529 g/mol. The van der Waals surface area contributed by atoms with Crippen LogP contribution in [0.25, 0.3) is 66.5 Å². The fourth-order valence-electron chi connectivity index (χ4n) is 5.65.